The number of ether oxygens (including phenoxy) is 1. The number of nitrogens with zero attached hydrogens (tertiary/aromatic N) is 1. The largest absolute Gasteiger partial charge is 0.455 e. The molecular formula is C21H19BrN2O4S. The van der Waals surface area contributed by atoms with Gasteiger partial charge in [0.25, 0.3) is 0 Å². The number of hydrogen-bond acceptors (Lipinski definition) is 4. The number of halogens is 1. The molecule has 0 atom stereocenters. The molecule has 0 saturated carbocycles. The molecule has 29 heavy (non-hydrogen) atoms. The van der Waals surface area contributed by atoms with E-state index >= 15 is 0 Å². The van der Waals surface area contributed by atoms with Gasteiger partial charge in [-0.3, -0.25) is 9.10 Å². The van der Waals surface area contributed by atoms with Gasteiger partial charge in [0.2, 0.25) is 15.9 Å². The van der Waals surface area contributed by atoms with Gasteiger partial charge in [-0.1, -0.05) is 52.3 Å². The summed E-state index contributed by atoms with van der Waals surface area (Å²) in [5, 5.41) is 2.71. The summed E-state index contributed by atoms with van der Waals surface area (Å²) in [5.74, 6) is 0.425. The van der Waals surface area contributed by atoms with Crippen molar-refractivity contribution >= 4 is 43.2 Å². The summed E-state index contributed by atoms with van der Waals surface area (Å²) in [5.41, 5.74) is 0.842. The summed E-state index contributed by atoms with van der Waals surface area (Å²) in [6, 6.07) is 22.8. The molecule has 0 spiro atoms. The summed E-state index contributed by atoms with van der Waals surface area (Å²) in [7, 11) is -3.75. The molecule has 0 bridgehead atoms. The van der Waals surface area contributed by atoms with Crippen LogP contribution >= 0.6 is 15.9 Å². The number of benzene rings is 3. The van der Waals surface area contributed by atoms with Crippen LogP contribution in [0.1, 0.15) is 0 Å². The van der Waals surface area contributed by atoms with Crippen molar-refractivity contribution in [2.24, 2.45) is 0 Å². The lowest BCUT2D eigenvalue weighted by atomic mass is 10.2. The van der Waals surface area contributed by atoms with E-state index in [2.05, 4.69) is 21.2 Å². The Morgan fingerprint density at radius 1 is 1.00 bits per heavy atom. The van der Waals surface area contributed by atoms with Crippen molar-refractivity contribution in [2.75, 3.05) is 22.4 Å². The Balaban J connectivity index is 1.87. The molecule has 0 aromatic heterocycles. The first-order valence-electron chi connectivity index (χ1n) is 8.68. The molecule has 0 aliphatic carbocycles. The maximum absolute atomic E-state index is 12.6. The Morgan fingerprint density at radius 2 is 1.69 bits per heavy atom. The highest BCUT2D eigenvalue weighted by molar-refractivity contribution is 9.10. The number of rotatable bonds is 7. The standard InChI is InChI=1S/C21H19BrN2O4S/c1-29(26,27)24(15-21(25)23-17-9-7-8-16(22)14-17)19-12-5-6-13-20(19)28-18-10-3-2-4-11-18/h2-14H,15H2,1H3,(H,23,25). The van der Waals surface area contributed by atoms with E-state index in [9.17, 15) is 13.2 Å². The molecule has 0 aliphatic heterocycles. The van der Waals surface area contributed by atoms with E-state index < -0.39 is 15.9 Å². The molecule has 6 nitrogen and oxygen atoms in total. The minimum absolute atomic E-state index is 0.281. The van der Waals surface area contributed by atoms with E-state index in [1.165, 1.54) is 0 Å². The fraction of sp³-hybridized carbons (Fsp3) is 0.0952. The highest BCUT2D eigenvalue weighted by Crippen LogP contribution is 2.33. The van der Waals surface area contributed by atoms with Crippen molar-refractivity contribution in [1.29, 1.82) is 0 Å². The number of hydrogen-bond donors (Lipinski definition) is 1. The van der Waals surface area contributed by atoms with Gasteiger partial charge in [-0.05, 0) is 42.5 Å². The fourth-order valence-corrected chi connectivity index (χ4v) is 3.90. The van der Waals surface area contributed by atoms with Crippen LogP contribution in [-0.2, 0) is 14.8 Å². The van der Waals surface area contributed by atoms with Crippen molar-refractivity contribution in [3.05, 3.63) is 83.3 Å². The van der Waals surface area contributed by atoms with Crippen LogP contribution in [0.3, 0.4) is 0 Å². The van der Waals surface area contributed by atoms with E-state index in [0.717, 1.165) is 15.0 Å². The van der Waals surface area contributed by atoms with E-state index in [4.69, 9.17) is 4.74 Å². The zero-order valence-electron chi connectivity index (χ0n) is 15.6. The van der Waals surface area contributed by atoms with Gasteiger partial charge in [0, 0.05) is 10.2 Å². The van der Waals surface area contributed by atoms with Crippen LogP contribution < -0.4 is 14.4 Å². The summed E-state index contributed by atoms with van der Waals surface area (Å²) in [4.78, 5) is 12.6. The minimum Gasteiger partial charge on any atom is -0.455 e. The summed E-state index contributed by atoms with van der Waals surface area (Å²) in [6.45, 7) is -0.388. The highest BCUT2D eigenvalue weighted by Gasteiger charge is 2.24. The maximum Gasteiger partial charge on any atom is 0.245 e. The smallest absolute Gasteiger partial charge is 0.245 e. The van der Waals surface area contributed by atoms with Crippen LogP contribution in [0.4, 0.5) is 11.4 Å². The molecule has 0 heterocycles. The third-order valence-electron chi connectivity index (χ3n) is 3.90. The number of amides is 1. The van der Waals surface area contributed by atoms with Crippen LogP contribution in [0.15, 0.2) is 83.3 Å². The first-order valence-corrected chi connectivity index (χ1v) is 11.3. The molecule has 0 radical (unpaired) electrons. The van der Waals surface area contributed by atoms with Crippen LogP contribution in [0.2, 0.25) is 0 Å². The number of carbonyl (C=O) groups excluding carboxylic acids is 1. The Hall–Kier alpha value is -2.84. The average Bonchev–Trinajstić information content (AvgIpc) is 2.67. The molecule has 3 aromatic carbocycles. The Kier molecular flexibility index (Phi) is 6.56. The molecule has 0 aliphatic rings. The Bertz CT molecular complexity index is 1100. The molecule has 3 rings (SSSR count). The van der Waals surface area contributed by atoms with E-state index in [1.54, 1.807) is 54.6 Å². The van der Waals surface area contributed by atoms with Gasteiger partial charge in [-0.25, -0.2) is 8.42 Å². The van der Waals surface area contributed by atoms with Crippen LogP contribution in [0, 0.1) is 0 Å². The number of nitrogens with one attached hydrogen (secondary N) is 1. The van der Waals surface area contributed by atoms with Gasteiger partial charge in [-0.2, -0.15) is 0 Å². The van der Waals surface area contributed by atoms with E-state index in [1.807, 2.05) is 24.3 Å². The van der Waals surface area contributed by atoms with Gasteiger partial charge < -0.3 is 10.1 Å². The zero-order valence-corrected chi connectivity index (χ0v) is 18.0. The normalized spacial score (nSPS) is 11.0. The summed E-state index contributed by atoms with van der Waals surface area (Å²) >= 11 is 3.34. The summed E-state index contributed by atoms with van der Waals surface area (Å²) in [6.07, 6.45) is 1.05. The molecular weight excluding hydrogens is 456 g/mol. The average molecular weight is 475 g/mol. The van der Waals surface area contributed by atoms with Crippen molar-refractivity contribution in [1.82, 2.24) is 0 Å². The number of para-hydroxylation sites is 3. The number of carbonyl (C=O) groups is 1. The molecule has 8 heteroatoms. The second-order valence-electron chi connectivity index (χ2n) is 6.21. The fourth-order valence-electron chi connectivity index (χ4n) is 2.64. The Labute approximate surface area is 178 Å². The van der Waals surface area contributed by atoms with Crippen LogP contribution in [0.5, 0.6) is 11.5 Å². The van der Waals surface area contributed by atoms with Gasteiger partial charge >= 0.3 is 0 Å². The molecule has 0 saturated heterocycles. The molecule has 0 unspecified atom stereocenters. The predicted molar refractivity (Wildman–Crippen MR) is 118 cm³/mol. The number of anilines is 2. The third kappa shape index (κ3) is 5.82. The number of sulfonamides is 1. The molecule has 0 fully saturated rings. The second-order valence-corrected chi connectivity index (χ2v) is 9.03. The lowest BCUT2D eigenvalue weighted by molar-refractivity contribution is -0.114. The molecule has 1 N–H and O–H groups in total. The lowest BCUT2D eigenvalue weighted by Gasteiger charge is -2.24. The molecule has 150 valence electrons. The zero-order chi connectivity index (χ0) is 20.9. The lowest BCUT2D eigenvalue weighted by Crippen LogP contribution is -2.37. The monoisotopic (exact) mass is 474 g/mol. The van der Waals surface area contributed by atoms with Crippen molar-refractivity contribution < 1.29 is 17.9 Å². The highest BCUT2D eigenvalue weighted by atomic mass is 79.9. The van der Waals surface area contributed by atoms with Gasteiger partial charge in [0.1, 0.15) is 12.3 Å². The van der Waals surface area contributed by atoms with Crippen molar-refractivity contribution in [3.8, 4) is 11.5 Å². The van der Waals surface area contributed by atoms with Gasteiger partial charge in [0.15, 0.2) is 5.75 Å². The topological polar surface area (TPSA) is 75.7 Å². The van der Waals surface area contributed by atoms with Crippen molar-refractivity contribution in [2.45, 2.75) is 0 Å². The quantitative estimate of drug-likeness (QED) is 0.540. The Morgan fingerprint density at radius 3 is 2.38 bits per heavy atom. The van der Waals surface area contributed by atoms with E-state index in [0.29, 0.717) is 17.2 Å². The van der Waals surface area contributed by atoms with Crippen LogP contribution in [0.25, 0.3) is 0 Å². The molecule has 3 aromatic rings. The third-order valence-corrected chi connectivity index (χ3v) is 5.52. The van der Waals surface area contributed by atoms with Crippen LogP contribution in [-0.4, -0.2) is 27.1 Å². The first kappa shape index (κ1) is 20.9. The second kappa shape index (κ2) is 9.11. The minimum atomic E-state index is -3.75. The van der Waals surface area contributed by atoms with Crippen molar-refractivity contribution in [3.63, 3.8) is 0 Å². The van der Waals surface area contributed by atoms with E-state index in [-0.39, 0.29) is 12.2 Å². The molecule has 1 amide bonds. The first-order chi connectivity index (χ1) is 13.8. The van der Waals surface area contributed by atoms with Gasteiger partial charge in [0.05, 0.1) is 11.9 Å². The predicted octanol–water partition coefficient (Wildman–Crippen LogP) is 4.65. The SMILES string of the molecule is CS(=O)(=O)N(CC(=O)Nc1cccc(Br)c1)c1ccccc1Oc1ccccc1. The summed E-state index contributed by atoms with van der Waals surface area (Å²) < 4.78 is 32.6. The van der Waals surface area contributed by atoms with Gasteiger partial charge in [-0.15, -0.1) is 0 Å². The maximum atomic E-state index is 12.6.